The molecule has 36 heavy (non-hydrogen) atoms. The van der Waals surface area contributed by atoms with E-state index >= 15 is 0 Å². The van der Waals surface area contributed by atoms with Gasteiger partial charge in [-0.15, -0.1) is 0 Å². The number of anilines is 3. The maximum atomic E-state index is 13.6. The lowest BCUT2D eigenvalue weighted by Crippen LogP contribution is -2.44. The summed E-state index contributed by atoms with van der Waals surface area (Å²) in [4.78, 5) is 22.8. The van der Waals surface area contributed by atoms with Gasteiger partial charge in [0.05, 0.1) is 29.4 Å². The van der Waals surface area contributed by atoms with Crippen LogP contribution in [-0.2, 0) is 9.53 Å². The Morgan fingerprint density at radius 3 is 2.94 bits per heavy atom. The molecule has 2 aliphatic heterocycles. The van der Waals surface area contributed by atoms with Crippen LogP contribution in [-0.4, -0.2) is 59.2 Å². The lowest BCUT2D eigenvalue weighted by Gasteiger charge is -2.33. The molecule has 3 heterocycles. The van der Waals surface area contributed by atoms with Crippen LogP contribution < -0.4 is 15.4 Å². The Kier molecular flexibility index (Phi) is 7.20. The highest BCUT2D eigenvalue weighted by atomic mass is 35.5. The first-order valence-corrected chi connectivity index (χ1v) is 12.3. The molecule has 0 saturated carbocycles. The van der Waals surface area contributed by atoms with Gasteiger partial charge in [0.15, 0.2) is 0 Å². The van der Waals surface area contributed by atoms with E-state index in [0.717, 1.165) is 30.3 Å². The van der Waals surface area contributed by atoms with Crippen LogP contribution >= 0.6 is 11.6 Å². The van der Waals surface area contributed by atoms with Crippen LogP contribution in [0, 0.1) is 5.82 Å². The zero-order valence-electron chi connectivity index (χ0n) is 19.7. The maximum absolute atomic E-state index is 13.6. The molecule has 5 rings (SSSR count). The number of piperidine rings is 1. The number of fused-ring (bicyclic) bond motifs is 1. The van der Waals surface area contributed by atoms with Crippen LogP contribution in [0.15, 0.2) is 49.3 Å². The molecule has 3 aromatic rings. The molecule has 2 aromatic carbocycles. The molecule has 0 aliphatic carbocycles. The molecule has 188 valence electrons. The van der Waals surface area contributed by atoms with E-state index in [9.17, 15) is 9.18 Å². The van der Waals surface area contributed by atoms with E-state index in [1.807, 2.05) is 12.1 Å². The molecular formula is C26H27ClFN5O3. The van der Waals surface area contributed by atoms with Gasteiger partial charge < -0.3 is 25.0 Å². The Morgan fingerprint density at radius 2 is 2.17 bits per heavy atom. The van der Waals surface area contributed by atoms with Gasteiger partial charge in [0.25, 0.3) is 0 Å². The highest BCUT2D eigenvalue weighted by molar-refractivity contribution is 6.31. The molecule has 2 aliphatic rings. The second-order valence-electron chi connectivity index (χ2n) is 8.92. The fraction of sp³-hybridized carbons (Fsp3) is 0.346. The molecule has 2 N–H and O–H groups in total. The van der Waals surface area contributed by atoms with Crippen molar-refractivity contribution in [3.05, 3.63) is 60.2 Å². The van der Waals surface area contributed by atoms with Gasteiger partial charge >= 0.3 is 0 Å². The van der Waals surface area contributed by atoms with Crippen LogP contribution in [0.4, 0.5) is 21.6 Å². The lowest BCUT2D eigenvalue weighted by atomic mass is 10.0. The number of nitrogens with zero attached hydrogens (tertiary/aromatic N) is 3. The van der Waals surface area contributed by atoms with Crippen molar-refractivity contribution >= 4 is 45.6 Å². The monoisotopic (exact) mass is 511 g/mol. The van der Waals surface area contributed by atoms with E-state index in [2.05, 4.69) is 27.2 Å². The first-order valence-electron chi connectivity index (χ1n) is 11.9. The van der Waals surface area contributed by atoms with Gasteiger partial charge in [-0.3, -0.25) is 4.79 Å². The van der Waals surface area contributed by atoms with Crippen LogP contribution in [0.1, 0.15) is 19.3 Å². The van der Waals surface area contributed by atoms with Gasteiger partial charge in [-0.1, -0.05) is 18.2 Å². The smallest absolute Gasteiger partial charge is 0.246 e. The van der Waals surface area contributed by atoms with E-state index in [1.165, 1.54) is 24.5 Å². The SMILES string of the molecule is C=CC(=O)N1CCCC(Nc2cc3c(Nc4ccc(F)c(Cl)c4)ncnc3cc2OC2CCOC2)C1. The number of likely N-dealkylation sites (tertiary alicyclic amines) is 1. The van der Waals surface area contributed by atoms with Crippen molar-refractivity contribution in [2.45, 2.75) is 31.4 Å². The average molecular weight is 512 g/mol. The minimum absolute atomic E-state index is 0.0195. The van der Waals surface area contributed by atoms with Crippen LogP contribution in [0.2, 0.25) is 5.02 Å². The Bertz CT molecular complexity index is 1280. The minimum atomic E-state index is -0.490. The van der Waals surface area contributed by atoms with Crippen molar-refractivity contribution in [1.29, 1.82) is 0 Å². The van der Waals surface area contributed by atoms with Crippen molar-refractivity contribution in [2.24, 2.45) is 0 Å². The van der Waals surface area contributed by atoms with E-state index < -0.39 is 5.82 Å². The van der Waals surface area contributed by atoms with E-state index in [1.54, 1.807) is 11.0 Å². The number of carbonyl (C=O) groups is 1. The number of benzene rings is 2. The van der Waals surface area contributed by atoms with Crippen molar-refractivity contribution in [2.75, 3.05) is 36.9 Å². The number of ether oxygens (including phenoxy) is 2. The first-order chi connectivity index (χ1) is 17.5. The molecule has 2 atom stereocenters. The fourth-order valence-electron chi connectivity index (χ4n) is 4.53. The lowest BCUT2D eigenvalue weighted by molar-refractivity contribution is -0.127. The summed E-state index contributed by atoms with van der Waals surface area (Å²) >= 11 is 5.96. The van der Waals surface area contributed by atoms with E-state index in [4.69, 9.17) is 21.1 Å². The van der Waals surface area contributed by atoms with Gasteiger partial charge in [0.1, 0.15) is 29.8 Å². The predicted octanol–water partition coefficient (Wildman–Crippen LogP) is 4.92. The summed E-state index contributed by atoms with van der Waals surface area (Å²) in [6, 6.07) is 8.28. The zero-order valence-corrected chi connectivity index (χ0v) is 20.4. The third-order valence-corrected chi connectivity index (χ3v) is 6.66. The van der Waals surface area contributed by atoms with Gasteiger partial charge in [-0.2, -0.15) is 0 Å². The van der Waals surface area contributed by atoms with E-state index in [0.29, 0.717) is 49.1 Å². The van der Waals surface area contributed by atoms with Gasteiger partial charge in [0, 0.05) is 42.7 Å². The van der Waals surface area contributed by atoms with Gasteiger partial charge in [-0.05, 0) is 43.2 Å². The third kappa shape index (κ3) is 5.37. The number of amides is 1. The Hall–Kier alpha value is -3.43. The Labute approximate surface area is 213 Å². The predicted molar refractivity (Wildman–Crippen MR) is 138 cm³/mol. The molecule has 2 saturated heterocycles. The number of halogens is 2. The minimum Gasteiger partial charge on any atom is -0.486 e. The zero-order chi connectivity index (χ0) is 25.1. The number of hydrogen-bond acceptors (Lipinski definition) is 7. The van der Waals surface area contributed by atoms with Gasteiger partial charge in [0.2, 0.25) is 5.91 Å². The van der Waals surface area contributed by atoms with Gasteiger partial charge in [-0.25, -0.2) is 14.4 Å². The molecule has 8 nitrogen and oxygen atoms in total. The first kappa shape index (κ1) is 24.3. The average Bonchev–Trinajstić information content (AvgIpc) is 3.40. The molecule has 10 heteroatoms. The second kappa shape index (κ2) is 10.7. The summed E-state index contributed by atoms with van der Waals surface area (Å²) in [5.74, 6) is 0.654. The highest BCUT2D eigenvalue weighted by Crippen LogP contribution is 2.36. The van der Waals surface area contributed by atoms with Crippen LogP contribution in [0.3, 0.4) is 0 Å². The Morgan fingerprint density at radius 1 is 1.28 bits per heavy atom. The number of rotatable bonds is 7. The number of nitrogens with one attached hydrogen (secondary N) is 2. The normalized spacial score (nSPS) is 19.8. The fourth-order valence-corrected chi connectivity index (χ4v) is 4.71. The summed E-state index contributed by atoms with van der Waals surface area (Å²) in [5.41, 5.74) is 2.07. The molecule has 0 bridgehead atoms. The third-order valence-electron chi connectivity index (χ3n) is 6.37. The van der Waals surface area contributed by atoms with Crippen molar-refractivity contribution in [1.82, 2.24) is 14.9 Å². The highest BCUT2D eigenvalue weighted by Gasteiger charge is 2.25. The molecule has 1 amide bonds. The van der Waals surface area contributed by atoms with Crippen LogP contribution in [0.25, 0.3) is 10.9 Å². The maximum Gasteiger partial charge on any atom is 0.246 e. The Balaban J connectivity index is 1.48. The summed E-state index contributed by atoms with van der Waals surface area (Å²) in [5, 5.41) is 7.57. The largest absolute Gasteiger partial charge is 0.486 e. The summed E-state index contributed by atoms with van der Waals surface area (Å²) in [7, 11) is 0. The number of aromatic nitrogens is 2. The molecular weight excluding hydrogens is 485 g/mol. The van der Waals surface area contributed by atoms with Crippen molar-refractivity contribution in [3.8, 4) is 5.75 Å². The van der Waals surface area contributed by atoms with E-state index in [-0.39, 0.29) is 23.1 Å². The number of carbonyl (C=O) groups excluding carboxylic acids is 1. The summed E-state index contributed by atoms with van der Waals surface area (Å²) in [6.07, 6.45) is 5.38. The second-order valence-corrected chi connectivity index (χ2v) is 9.32. The molecule has 0 spiro atoms. The van der Waals surface area contributed by atoms with Crippen LogP contribution in [0.5, 0.6) is 5.75 Å². The van der Waals surface area contributed by atoms with Crippen molar-refractivity contribution < 1.29 is 18.7 Å². The number of hydrogen-bond donors (Lipinski definition) is 2. The summed E-state index contributed by atoms with van der Waals surface area (Å²) < 4.78 is 25.4. The molecule has 2 fully saturated rings. The van der Waals surface area contributed by atoms with Crippen molar-refractivity contribution in [3.63, 3.8) is 0 Å². The topological polar surface area (TPSA) is 88.6 Å². The quantitative estimate of drug-likeness (QED) is 0.435. The molecule has 1 aromatic heterocycles. The molecule has 2 unspecified atom stereocenters. The standard InChI is InChI=1S/C26H27ClFN5O3/c1-2-25(34)33-8-3-4-17(13-33)31-23-11-19-22(12-24(23)36-18-7-9-35-14-18)29-15-30-26(19)32-16-5-6-21(28)20(27)10-16/h2,5-6,10-12,15,17-18,31H,1,3-4,7-9,13-14H2,(H,29,30,32). The summed E-state index contributed by atoms with van der Waals surface area (Å²) in [6.45, 7) is 6.09. The molecule has 0 radical (unpaired) electrons.